The van der Waals surface area contributed by atoms with E-state index in [1.54, 1.807) is 10.6 Å². The van der Waals surface area contributed by atoms with Crippen LogP contribution in [0.25, 0.3) is 0 Å². The molecule has 0 spiro atoms. The van der Waals surface area contributed by atoms with Crippen LogP contribution in [0.1, 0.15) is 46.5 Å². The highest BCUT2D eigenvalue weighted by Gasteiger charge is 2.35. The molecule has 104 valence electrons. The molecule has 0 saturated carbocycles. The zero-order valence-electron chi connectivity index (χ0n) is 12.5. The van der Waals surface area contributed by atoms with Gasteiger partial charge >= 0.3 is 0 Å². The second kappa shape index (κ2) is 5.83. The summed E-state index contributed by atoms with van der Waals surface area (Å²) in [5.74, 6) is 0. The Hall–Kier alpha value is 0.0800. The Morgan fingerprint density at radius 3 is 2.05 bits per heavy atom. The van der Waals surface area contributed by atoms with Gasteiger partial charge in [-0.15, -0.1) is 0 Å². The van der Waals surface area contributed by atoms with Crippen LogP contribution in [0, 0.1) is 0 Å². The minimum atomic E-state index is 0.0976. The molecule has 1 unspecified atom stereocenters. The molecule has 2 aliphatic rings. The summed E-state index contributed by atoms with van der Waals surface area (Å²) in [5, 5.41) is 3.57. The fourth-order valence-corrected chi connectivity index (χ4v) is 10.7. The van der Waals surface area contributed by atoms with Gasteiger partial charge in [0, 0.05) is 0 Å². The monoisotopic (exact) mass is 292 g/mol. The predicted molar refractivity (Wildman–Crippen MR) is 91.3 cm³/mol. The average Bonchev–Trinajstić information content (AvgIpc) is 2.96. The van der Waals surface area contributed by atoms with E-state index in [9.17, 15) is 0 Å². The molecule has 2 fully saturated rings. The zero-order valence-corrected chi connectivity index (χ0v) is 14.3. The Kier molecular flexibility index (Phi) is 4.31. The van der Waals surface area contributed by atoms with Crippen molar-refractivity contribution in [3.8, 4) is 0 Å². The molecule has 0 radical (unpaired) electrons. The first kappa shape index (κ1) is 14.0. The third kappa shape index (κ3) is 2.64. The molecule has 2 saturated heterocycles. The summed E-state index contributed by atoms with van der Waals surface area (Å²) in [6.45, 7) is 7.49. The van der Waals surface area contributed by atoms with Crippen molar-refractivity contribution in [3.05, 3.63) is 24.3 Å². The van der Waals surface area contributed by atoms with Crippen molar-refractivity contribution < 1.29 is 0 Å². The largest absolute Gasteiger partial charge is 0.0717 e. The SMILES string of the molecule is C[C@@H]1CC[C@@H](C)P1c1ccccc1P1CCC[C@@H]1C. The Balaban J connectivity index is 1.97. The lowest BCUT2D eigenvalue weighted by Gasteiger charge is -2.28. The third-order valence-electron chi connectivity index (χ3n) is 4.97. The van der Waals surface area contributed by atoms with Crippen molar-refractivity contribution in [2.75, 3.05) is 6.16 Å². The van der Waals surface area contributed by atoms with E-state index in [1.165, 1.54) is 31.8 Å². The van der Waals surface area contributed by atoms with Crippen molar-refractivity contribution in [1.82, 2.24) is 0 Å². The lowest BCUT2D eigenvalue weighted by molar-refractivity contribution is 0.777. The van der Waals surface area contributed by atoms with Crippen LogP contribution in [0.4, 0.5) is 0 Å². The Morgan fingerprint density at radius 2 is 1.47 bits per heavy atom. The van der Waals surface area contributed by atoms with Crippen LogP contribution < -0.4 is 10.6 Å². The van der Waals surface area contributed by atoms with E-state index < -0.39 is 0 Å². The van der Waals surface area contributed by atoms with E-state index in [0.717, 1.165) is 17.0 Å². The number of hydrogen-bond donors (Lipinski definition) is 0. The van der Waals surface area contributed by atoms with Crippen LogP contribution in [0.2, 0.25) is 0 Å². The van der Waals surface area contributed by atoms with Gasteiger partial charge in [-0.3, -0.25) is 0 Å². The third-order valence-corrected chi connectivity index (χ3v) is 11.6. The molecule has 19 heavy (non-hydrogen) atoms. The molecule has 4 atom stereocenters. The van der Waals surface area contributed by atoms with Crippen LogP contribution in [0.15, 0.2) is 24.3 Å². The number of benzene rings is 1. The lowest BCUT2D eigenvalue weighted by atomic mass is 10.2. The van der Waals surface area contributed by atoms with Crippen LogP contribution in [0.5, 0.6) is 0 Å². The first-order chi connectivity index (χ1) is 9.18. The lowest BCUT2D eigenvalue weighted by Crippen LogP contribution is -2.27. The van der Waals surface area contributed by atoms with E-state index >= 15 is 0 Å². The Labute approximate surface area is 120 Å². The second-order valence-electron chi connectivity index (χ2n) is 6.36. The van der Waals surface area contributed by atoms with Crippen molar-refractivity contribution in [2.45, 2.75) is 63.4 Å². The smallest absolute Gasteiger partial charge is 0.0158 e. The molecule has 0 bridgehead atoms. The summed E-state index contributed by atoms with van der Waals surface area (Å²) in [5.41, 5.74) is 2.84. The number of hydrogen-bond acceptors (Lipinski definition) is 0. The minimum Gasteiger partial charge on any atom is -0.0717 e. The van der Waals surface area contributed by atoms with Gasteiger partial charge in [0.15, 0.2) is 0 Å². The van der Waals surface area contributed by atoms with Gasteiger partial charge < -0.3 is 0 Å². The molecule has 1 aromatic carbocycles. The molecule has 2 heteroatoms. The molecule has 1 aromatic rings. The van der Waals surface area contributed by atoms with Gasteiger partial charge in [0.2, 0.25) is 0 Å². The maximum atomic E-state index is 2.50. The van der Waals surface area contributed by atoms with Gasteiger partial charge in [0.05, 0.1) is 0 Å². The highest BCUT2D eigenvalue weighted by atomic mass is 31.1. The van der Waals surface area contributed by atoms with Gasteiger partial charge in [0.1, 0.15) is 0 Å². The van der Waals surface area contributed by atoms with Crippen LogP contribution in [-0.2, 0) is 0 Å². The maximum Gasteiger partial charge on any atom is -0.0158 e. The van der Waals surface area contributed by atoms with E-state index in [4.69, 9.17) is 0 Å². The number of rotatable bonds is 2. The molecule has 0 N–H and O–H groups in total. The maximum absolute atomic E-state index is 2.50. The standard InChI is InChI=1S/C17H26P2/c1-13-7-6-12-18(13)16-8-4-5-9-17(16)19-14(2)10-11-15(19)3/h4-5,8-9,13-15H,6-7,10-12H2,1-3H3/t13-,14+,15+,18?/m0/s1. The summed E-state index contributed by atoms with van der Waals surface area (Å²) < 4.78 is 0. The summed E-state index contributed by atoms with van der Waals surface area (Å²) >= 11 is 0. The minimum absolute atomic E-state index is 0.0976. The summed E-state index contributed by atoms with van der Waals surface area (Å²) in [4.78, 5) is 0. The van der Waals surface area contributed by atoms with Crippen molar-refractivity contribution >= 4 is 26.5 Å². The van der Waals surface area contributed by atoms with Gasteiger partial charge in [0.25, 0.3) is 0 Å². The van der Waals surface area contributed by atoms with Crippen molar-refractivity contribution in [3.63, 3.8) is 0 Å². The van der Waals surface area contributed by atoms with E-state index in [2.05, 4.69) is 45.0 Å². The van der Waals surface area contributed by atoms with Gasteiger partial charge in [-0.2, -0.15) is 0 Å². The molecular formula is C17H26P2. The predicted octanol–water partition coefficient (Wildman–Crippen LogP) is 4.65. The quantitative estimate of drug-likeness (QED) is 0.696. The normalized spacial score (nSPS) is 35.9. The van der Waals surface area contributed by atoms with Gasteiger partial charge in [-0.1, -0.05) is 60.9 Å². The van der Waals surface area contributed by atoms with Crippen LogP contribution in [0.3, 0.4) is 0 Å². The zero-order chi connectivity index (χ0) is 13.4. The molecule has 2 aliphatic heterocycles. The fourth-order valence-electron chi connectivity index (χ4n) is 3.89. The van der Waals surface area contributed by atoms with Crippen LogP contribution in [-0.4, -0.2) is 23.1 Å². The van der Waals surface area contributed by atoms with Crippen molar-refractivity contribution in [2.24, 2.45) is 0 Å². The van der Waals surface area contributed by atoms with Gasteiger partial charge in [-0.25, -0.2) is 0 Å². The highest BCUT2D eigenvalue weighted by Crippen LogP contribution is 2.56. The fraction of sp³-hybridized carbons (Fsp3) is 0.647. The van der Waals surface area contributed by atoms with Crippen molar-refractivity contribution in [1.29, 1.82) is 0 Å². The average molecular weight is 292 g/mol. The molecule has 3 rings (SSSR count). The molecule has 0 amide bonds. The van der Waals surface area contributed by atoms with Crippen LogP contribution >= 0.6 is 15.8 Å². The van der Waals surface area contributed by atoms with E-state index in [-0.39, 0.29) is 15.8 Å². The first-order valence-corrected chi connectivity index (χ1v) is 10.9. The summed E-state index contributed by atoms with van der Waals surface area (Å²) in [7, 11) is 0.237. The molecule has 0 aromatic heterocycles. The van der Waals surface area contributed by atoms with E-state index in [1.807, 2.05) is 0 Å². The topological polar surface area (TPSA) is 0 Å². The Morgan fingerprint density at radius 1 is 0.842 bits per heavy atom. The summed E-state index contributed by atoms with van der Waals surface area (Å²) in [6.07, 6.45) is 7.32. The molecular weight excluding hydrogens is 266 g/mol. The van der Waals surface area contributed by atoms with Gasteiger partial charge in [-0.05, 0) is 59.4 Å². The summed E-state index contributed by atoms with van der Waals surface area (Å²) in [6, 6.07) is 9.53. The molecule has 2 heterocycles. The molecule has 0 nitrogen and oxygen atoms in total. The molecule has 0 aliphatic carbocycles. The second-order valence-corrected chi connectivity index (χ2v) is 12.2. The highest BCUT2D eigenvalue weighted by molar-refractivity contribution is 7.73. The van der Waals surface area contributed by atoms with E-state index in [0.29, 0.717) is 0 Å². The first-order valence-electron chi connectivity index (χ1n) is 7.82. The Bertz CT molecular complexity index is 433.